The van der Waals surface area contributed by atoms with Gasteiger partial charge in [0.25, 0.3) is 5.92 Å². The largest absolute Gasteiger partial charge is 0.366 e. The molecule has 4 rings (SSSR count). The van der Waals surface area contributed by atoms with Crippen molar-refractivity contribution in [1.29, 1.82) is 0 Å². The van der Waals surface area contributed by atoms with Crippen LogP contribution < -0.4 is 5.32 Å². The predicted molar refractivity (Wildman–Crippen MR) is 111 cm³/mol. The van der Waals surface area contributed by atoms with Gasteiger partial charge in [0.1, 0.15) is 11.3 Å². The van der Waals surface area contributed by atoms with Crippen molar-refractivity contribution >= 4 is 16.9 Å². The number of nitrogens with zero attached hydrogens (tertiary/aromatic N) is 4. The zero-order valence-electron chi connectivity index (χ0n) is 17.0. The number of hydrogen-bond donors (Lipinski definition) is 1. The number of hydrogen-bond acceptors (Lipinski definition) is 4. The van der Waals surface area contributed by atoms with Gasteiger partial charge in [-0.05, 0) is 23.1 Å². The highest BCUT2D eigenvalue weighted by Crippen LogP contribution is 2.28. The highest BCUT2D eigenvalue weighted by Gasteiger charge is 2.33. The number of piperidine rings is 1. The number of imidazole rings is 1. The van der Waals surface area contributed by atoms with Crippen molar-refractivity contribution < 1.29 is 8.78 Å². The fraction of sp³-hybridized carbons (Fsp3) is 0.455. The van der Waals surface area contributed by atoms with Crippen molar-refractivity contribution in [2.45, 2.75) is 45.2 Å². The summed E-state index contributed by atoms with van der Waals surface area (Å²) in [4.78, 5) is 10.9. The lowest BCUT2D eigenvalue weighted by molar-refractivity contribution is -0.0566. The summed E-state index contributed by atoms with van der Waals surface area (Å²) in [5, 5.41) is 3.41. The van der Waals surface area contributed by atoms with Crippen molar-refractivity contribution in [3.63, 3.8) is 0 Å². The molecule has 0 amide bonds. The molecule has 2 aromatic heterocycles. The summed E-state index contributed by atoms with van der Waals surface area (Å²) in [7, 11) is 1.97. The maximum atomic E-state index is 13.4. The third-order valence-electron chi connectivity index (χ3n) is 5.72. The van der Waals surface area contributed by atoms with Crippen LogP contribution in [0.4, 0.5) is 14.6 Å². The summed E-state index contributed by atoms with van der Waals surface area (Å²) < 4.78 is 28.7. The van der Waals surface area contributed by atoms with E-state index in [9.17, 15) is 8.78 Å². The molecule has 5 nitrogen and oxygen atoms in total. The average Bonchev–Trinajstić information content (AvgIpc) is 3.09. The number of nitrogens with one attached hydrogen (secondary N) is 1. The standard InChI is InChI=1S/C22H27F2N5/c1-3-17-10-16(14-29-8-6-22(23,24)7-9-29)4-5-18(17)12-25-21-11-20-19(13-26-21)27-15-28(20)2/h4-5,10-11,13,15H,3,6-9,12,14H2,1-2H3,(H,25,26). The molecule has 1 aliphatic rings. The van der Waals surface area contributed by atoms with Crippen molar-refractivity contribution in [1.82, 2.24) is 19.4 Å². The van der Waals surface area contributed by atoms with Gasteiger partial charge in [0, 0.05) is 52.1 Å². The van der Waals surface area contributed by atoms with Crippen LogP contribution in [0.25, 0.3) is 11.0 Å². The number of likely N-dealkylation sites (tertiary alicyclic amines) is 1. The molecule has 1 saturated heterocycles. The molecule has 7 heteroatoms. The van der Waals surface area contributed by atoms with Gasteiger partial charge in [-0.15, -0.1) is 0 Å². The summed E-state index contributed by atoms with van der Waals surface area (Å²) in [6.07, 6.45) is 4.42. The molecule has 1 fully saturated rings. The minimum Gasteiger partial charge on any atom is -0.366 e. The normalized spacial score (nSPS) is 17.0. The van der Waals surface area contributed by atoms with Gasteiger partial charge in [-0.1, -0.05) is 25.1 Å². The fourth-order valence-electron chi connectivity index (χ4n) is 3.89. The minimum atomic E-state index is -2.49. The number of halogens is 2. The number of aromatic nitrogens is 3. The first kappa shape index (κ1) is 19.8. The van der Waals surface area contributed by atoms with E-state index >= 15 is 0 Å². The maximum absolute atomic E-state index is 13.4. The van der Waals surface area contributed by atoms with E-state index in [1.165, 1.54) is 16.7 Å². The summed E-state index contributed by atoms with van der Waals surface area (Å²) in [5.41, 5.74) is 5.62. The second-order valence-corrected chi connectivity index (χ2v) is 7.86. The van der Waals surface area contributed by atoms with Crippen molar-refractivity contribution in [2.24, 2.45) is 7.05 Å². The van der Waals surface area contributed by atoms with Gasteiger partial charge in [-0.2, -0.15) is 0 Å². The van der Waals surface area contributed by atoms with Crippen LogP contribution in [0.3, 0.4) is 0 Å². The molecule has 0 radical (unpaired) electrons. The van der Waals surface area contributed by atoms with Gasteiger partial charge >= 0.3 is 0 Å². The summed E-state index contributed by atoms with van der Waals surface area (Å²) in [5.74, 6) is -1.67. The average molecular weight is 399 g/mol. The lowest BCUT2D eigenvalue weighted by atomic mass is 10.0. The van der Waals surface area contributed by atoms with E-state index in [0.717, 1.165) is 29.8 Å². The first-order chi connectivity index (χ1) is 13.9. The second kappa shape index (κ2) is 8.06. The number of alkyl halides is 2. The summed E-state index contributed by atoms with van der Waals surface area (Å²) >= 11 is 0. The molecule has 154 valence electrons. The van der Waals surface area contributed by atoms with Gasteiger partial charge in [-0.25, -0.2) is 18.7 Å². The van der Waals surface area contributed by atoms with E-state index in [1.54, 1.807) is 12.5 Å². The van der Waals surface area contributed by atoms with Crippen LogP contribution in [0.5, 0.6) is 0 Å². The number of rotatable bonds is 6. The lowest BCUT2D eigenvalue weighted by Gasteiger charge is -2.31. The zero-order chi connectivity index (χ0) is 20.4. The predicted octanol–water partition coefficient (Wildman–Crippen LogP) is 4.37. The van der Waals surface area contributed by atoms with E-state index in [-0.39, 0.29) is 12.8 Å². The summed E-state index contributed by atoms with van der Waals surface area (Å²) in [6.45, 7) is 4.48. The Morgan fingerprint density at radius 2 is 1.90 bits per heavy atom. The van der Waals surface area contributed by atoms with Crippen LogP contribution in [0.1, 0.15) is 36.5 Å². The number of anilines is 1. The topological polar surface area (TPSA) is 46.0 Å². The van der Waals surface area contributed by atoms with Crippen LogP contribution in [-0.2, 0) is 26.6 Å². The van der Waals surface area contributed by atoms with Crippen LogP contribution in [0, 0.1) is 0 Å². The maximum Gasteiger partial charge on any atom is 0.250 e. The molecule has 0 unspecified atom stereocenters. The Hall–Kier alpha value is -2.54. The minimum absolute atomic E-state index is 0.0381. The van der Waals surface area contributed by atoms with E-state index in [0.29, 0.717) is 19.6 Å². The quantitative estimate of drug-likeness (QED) is 0.668. The molecule has 0 saturated carbocycles. The second-order valence-electron chi connectivity index (χ2n) is 7.86. The van der Waals surface area contributed by atoms with Gasteiger partial charge < -0.3 is 9.88 Å². The van der Waals surface area contributed by atoms with E-state index in [1.807, 2.05) is 17.7 Å². The van der Waals surface area contributed by atoms with Crippen molar-refractivity contribution in [2.75, 3.05) is 18.4 Å². The third-order valence-corrected chi connectivity index (χ3v) is 5.72. The lowest BCUT2D eigenvalue weighted by Crippen LogP contribution is -2.38. The van der Waals surface area contributed by atoms with Crippen LogP contribution in [-0.4, -0.2) is 38.4 Å². The molecule has 0 aliphatic carbocycles. The van der Waals surface area contributed by atoms with Crippen molar-refractivity contribution in [3.8, 4) is 0 Å². The summed E-state index contributed by atoms with van der Waals surface area (Å²) in [6, 6.07) is 8.47. The first-order valence-corrected chi connectivity index (χ1v) is 10.2. The SMILES string of the molecule is CCc1cc(CN2CCC(F)(F)CC2)ccc1CNc1cc2c(cn1)ncn2C. The Labute approximate surface area is 169 Å². The van der Waals surface area contributed by atoms with Crippen LogP contribution >= 0.6 is 0 Å². The molecule has 3 aromatic rings. The van der Waals surface area contributed by atoms with Gasteiger partial charge in [0.15, 0.2) is 0 Å². The highest BCUT2D eigenvalue weighted by molar-refractivity contribution is 5.77. The number of aryl methyl sites for hydroxylation is 2. The van der Waals surface area contributed by atoms with E-state index in [2.05, 4.69) is 45.3 Å². The van der Waals surface area contributed by atoms with Crippen molar-refractivity contribution in [3.05, 3.63) is 53.5 Å². The zero-order valence-corrected chi connectivity index (χ0v) is 17.0. The molecule has 1 aromatic carbocycles. The molecule has 1 N–H and O–H groups in total. The monoisotopic (exact) mass is 399 g/mol. The molecule has 1 aliphatic heterocycles. The van der Waals surface area contributed by atoms with Gasteiger partial charge in [-0.3, -0.25) is 4.90 Å². The molecular formula is C22H27F2N5. The number of fused-ring (bicyclic) bond motifs is 1. The molecular weight excluding hydrogens is 372 g/mol. The van der Waals surface area contributed by atoms with Gasteiger partial charge in [0.2, 0.25) is 0 Å². The Bertz CT molecular complexity index is 988. The number of benzene rings is 1. The molecule has 0 bridgehead atoms. The fourth-order valence-corrected chi connectivity index (χ4v) is 3.89. The van der Waals surface area contributed by atoms with Crippen LogP contribution in [0.2, 0.25) is 0 Å². The number of pyridine rings is 1. The Balaban J connectivity index is 1.41. The van der Waals surface area contributed by atoms with Gasteiger partial charge in [0.05, 0.1) is 18.0 Å². The molecule has 0 atom stereocenters. The highest BCUT2D eigenvalue weighted by atomic mass is 19.3. The van der Waals surface area contributed by atoms with Crippen LogP contribution in [0.15, 0.2) is 36.8 Å². The van der Waals surface area contributed by atoms with E-state index in [4.69, 9.17) is 0 Å². The molecule has 3 heterocycles. The molecule has 0 spiro atoms. The van der Waals surface area contributed by atoms with E-state index < -0.39 is 5.92 Å². The Morgan fingerprint density at radius 3 is 2.66 bits per heavy atom. The first-order valence-electron chi connectivity index (χ1n) is 10.2. The molecule has 29 heavy (non-hydrogen) atoms. The Kier molecular flexibility index (Phi) is 5.50. The third kappa shape index (κ3) is 4.56. The smallest absolute Gasteiger partial charge is 0.250 e. The Morgan fingerprint density at radius 1 is 1.10 bits per heavy atom.